The van der Waals surface area contributed by atoms with Gasteiger partial charge in [-0.3, -0.25) is 4.79 Å². The van der Waals surface area contributed by atoms with Crippen molar-refractivity contribution in [2.75, 3.05) is 13.1 Å². The number of amides is 1. The number of hydrogen-bond donors (Lipinski definition) is 1. The molecule has 1 N–H and O–H groups in total. The molecule has 0 spiro atoms. The molecule has 2 aromatic rings. The summed E-state index contributed by atoms with van der Waals surface area (Å²) in [6.45, 7) is 1.24. The molecule has 8 heteroatoms. The van der Waals surface area contributed by atoms with Crippen LogP contribution in [0.15, 0.2) is 40.6 Å². The largest absolute Gasteiger partial charge is 0.347 e. The van der Waals surface area contributed by atoms with Crippen molar-refractivity contribution >= 4 is 27.3 Å². The zero-order valence-electron chi connectivity index (χ0n) is 14.3. The van der Waals surface area contributed by atoms with Crippen molar-refractivity contribution in [1.82, 2.24) is 9.62 Å². The standard InChI is InChI=1S/C18H21FN2O3S2/c19-15-7-5-6-14(12-15)13-20-18(22)16-8-9-17(25-16)26(23,24)21-10-3-1-2-4-11-21/h5-9,12H,1-4,10-11,13H2,(H,20,22). The number of hydrogen-bond acceptors (Lipinski definition) is 4. The van der Waals surface area contributed by atoms with Crippen molar-refractivity contribution in [1.29, 1.82) is 0 Å². The van der Waals surface area contributed by atoms with Gasteiger partial charge in [-0.25, -0.2) is 12.8 Å². The number of carbonyl (C=O) groups is 1. The second-order valence-corrected chi connectivity index (χ2v) is 9.50. The molecular formula is C18H21FN2O3S2. The smallest absolute Gasteiger partial charge is 0.261 e. The van der Waals surface area contributed by atoms with Gasteiger partial charge in [0.15, 0.2) is 0 Å². The van der Waals surface area contributed by atoms with E-state index in [1.165, 1.54) is 28.6 Å². The molecule has 1 saturated heterocycles. The van der Waals surface area contributed by atoms with Gasteiger partial charge >= 0.3 is 0 Å². The Kier molecular flexibility index (Phi) is 6.05. The van der Waals surface area contributed by atoms with E-state index in [9.17, 15) is 17.6 Å². The van der Waals surface area contributed by atoms with E-state index in [-0.39, 0.29) is 22.5 Å². The van der Waals surface area contributed by atoms with E-state index in [1.54, 1.807) is 12.1 Å². The molecule has 0 bridgehead atoms. The SMILES string of the molecule is O=C(NCc1cccc(F)c1)c1ccc(S(=O)(=O)N2CCCCCC2)s1. The molecule has 5 nitrogen and oxygen atoms in total. The highest BCUT2D eigenvalue weighted by Crippen LogP contribution is 2.26. The zero-order chi connectivity index (χ0) is 18.6. The molecule has 2 heterocycles. The molecule has 140 valence electrons. The number of nitrogens with zero attached hydrogens (tertiary/aromatic N) is 1. The zero-order valence-corrected chi connectivity index (χ0v) is 15.9. The van der Waals surface area contributed by atoms with Crippen molar-refractivity contribution in [3.05, 3.63) is 52.7 Å². The first-order chi connectivity index (χ1) is 12.5. The van der Waals surface area contributed by atoms with Crippen LogP contribution in [0.3, 0.4) is 0 Å². The maximum atomic E-state index is 13.2. The number of nitrogens with one attached hydrogen (secondary N) is 1. The summed E-state index contributed by atoms with van der Waals surface area (Å²) in [6, 6.07) is 8.99. The minimum Gasteiger partial charge on any atom is -0.347 e. The van der Waals surface area contributed by atoms with Crippen LogP contribution in [0.5, 0.6) is 0 Å². The molecule has 26 heavy (non-hydrogen) atoms. The highest BCUT2D eigenvalue weighted by Gasteiger charge is 2.27. The first-order valence-corrected chi connectivity index (χ1v) is 10.8. The highest BCUT2D eigenvalue weighted by molar-refractivity contribution is 7.91. The summed E-state index contributed by atoms with van der Waals surface area (Å²) in [4.78, 5) is 12.6. The molecule has 1 aromatic carbocycles. The van der Waals surface area contributed by atoms with Crippen molar-refractivity contribution in [3.63, 3.8) is 0 Å². The predicted octanol–water partition coefficient (Wildman–Crippen LogP) is 3.38. The van der Waals surface area contributed by atoms with E-state index in [2.05, 4.69) is 5.32 Å². The third-order valence-electron chi connectivity index (χ3n) is 4.31. The third kappa shape index (κ3) is 4.49. The first kappa shape index (κ1) is 19.0. The van der Waals surface area contributed by atoms with Crippen LogP contribution < -0.4 is 5.32 Å². The van der Waals surface area contributed by atoms with E-state index in [4.69, 9.17) is 0 Å². The van der Waals surface area contributed by atoms with Gasteiger partial charge in [-0.2, -0.15) is 4.31 Å². The second kappa shape index (κ2) is 8.28. The van der Waals surface area contributed by atoms with Gasteiger partial charge in [0.1, 0.15) is 10.0 Å². The van der Waals surface area contributed by atoms with Gasteiger partial charge in [0.05, 0.1) is 4.88 Å². The molecule has 1 amide bonds. The maximum Gasteiger partial charge on any atom is 0.261 e. The van der Waals surface area contributed by atoms with Crippen molar-refractivity contribution in [2.45, 2.75) is 36.4 Å². The number of carbonyl (C=O) groups excluding carboxylic acids is 1. The number of sulfonamides is 1. The fraction of sp³-hybridized carbons (Fsp3) is 0.389. The monoisotopic (exact) mass is 396 g/mol. The molecule has 0 atom stereocenters. The molecule has 1 aliphatic rings. The minimum atomic E-state index is -3.55. The van der Waals surface area contributed by atoms with Gasteiger partial charge < -0.3 is 5.32 Å². The van der Waals surface area contributed by atoms with E-state index in [0.29, 0.717) is 23.5 Å². The Bertz CT molecular complexity index is 872. The molecule has 1 aromatic heterocycles. The summed E-state index contributed by atoms with van der Waals surface area (Å²) >= 11 is 0.971. The summed E-state index contributed by atoms with van der Waals surface area (Å²) in [5, 5.41) is 2.69. The molecule has 1 aliphatic heterocycles. The Balaban J connectivity index is 1.67. The first-order valence-electron chi connectivity index (χ1n) is 8.59. The van der Waals surface area contributed by atoms with Crippen LogP contribution in [-0.2, 0) is 16.6 Å². The topological polar surface area (TPSA) is 66.5 Å². The summed E-state index contributed by atoms with van der Waals surface area (Å²) in [5.74, 6) is -0.727. The van der Waals surface area contributed by atoms with Crippen molar-refractivity contribution in [2.24, 2.45) is 0 Å². The average molecular weight is 397 g/mol. The molecular weight excluding hydrogens is 375 g/mol. The van der Waals surface area contributed by atoms with Gasteiger partial charge in [0, 0.05) is 19.6 Å². The molecule has 1 fully saturated rings. The normalized spacial score (nSPS) is 16.2. The number of benzene rings is 1. The van der Waals surface area contributed by atoms with Crippen molar-refractivity contribution in [3.8, 4) is 0 Å². The summed E-state index contributed by atoms with van der Waals surface area (Å²) in [7, 11) is -3.55. The average Bonchev–Trinajstić information content (AvgIpc) is 2.96. The Morgan fingerprint density at radius 2 is 1.85 bits per heavy atom. The molecule has 3 rings (SSSR count). The van der Waals surface area contributed by atoms with Gasteiger partial charge in [0.25, 0.3) is 15.9 Å². The van der Waals surface area contributed by atoms with Crippen LogP contribution in [-0.4, -0.2) is 31.7 Å². The lowest BCUT2D eigenvalue weighted by Crippen LogP contribution is -2.31. The molecule has 0 aliphatic carbocycles. The van der Waals surface area contributed by atoms with Crippen LogP contribution in [0.4, 0.5) is 4.39 Å². The quantitative estimate of drug-likeness (QED) is 0.843. The highest BCUT2D eigenvalue weighted by atomic mass is 32.2. The minimum absolute atomic E-state index is 0.183. The number of thiophene rings is 1. The second-order valence-electron chi connectivity index (χ2n) is 6.25. The fourth-order valence-electron chi connectivity index (χ4n) is 2.91. The van der Waals surface area contributed by atoms with Crippen LogP contribution in [0.2, 0.25) is 0 Å². The Morgan fingerprint density at radius 1 is 1.12 bits per heavy atom. The van der Waals surface area contributed by atoms with Crippen LogP contribution in [0, 0.1) is 5.82 Å². The summed E-state index contributed by atoms with van der Waals surface area (Å²) in [6.07, 6.45) is 3.82. The third-order valence-corrected chi connectivity index (χ3v) is 7.76. The Labute approximate surface area is 156 Å². The lowest BCUT2D eigenvalue weighted by molar-refractivity contribution is 0.0955. The van der Waals surface area contributed by atoms with Gasteiger partial charge in [0.2, 0.25) is 0 Å². The van der Waals surface area contributed by atoms with E-state index >= 15 is 0 Å². The number of rotatable bonds is 5. The van der Waals surface area contributed by atoms with Crippen LogP contribution >= 0.6 is 11.3 Å². The lowest BCUT2D eigenvalue weighted by atomic mass is 10.2. The summed E-state index contributed by atoms with van der Waals surface area (Å²) < 4.78 is 40.4. The van der Waals surface area contributed by atoms with Gasteiger partial charge in [-0.05, 0) is 42.7 Å². The van der Waals surface area contributed by atoms with Gasteiger partial charge in [-0.1, -0.05) is 25.0 Å². The maximum absolute atomic E-state index is 13.2. The Hall–Kier alpha value is -1.77. The van der Waals surface area contributed by atoms with Crippen LogP contribution in [0.25, 0.3) is 0 Å². The fourth-order valence-corrected chi connectivity index (χ4v) is 5.80. The predicted molar refractivity (Wildman–Crippen MR) is 99.1 cm³/mol. The van der Waals surface area contributed by atoms with E-state index < -0.39 is 10.0 Å². The molecule has 0 saturated carbocycles. The van der Waals surface area contributed by atoms with E-state index in [1.807, 2.05) is 0 Å². The van der Waals surface area contributed by atoms with Crippen LogP contribution in [0.1, 0.15) is 40.9 Å². The van der Waals surface area contributed by atoms with Gasteiger partial charge in [-0.15, -0.1) is 11.3 Å². The molecule has 0 radical (unpaired) electrons. The Morgan fingerprint density at radius 3 is 2.54 bits per heavy atom. The lowest BCUT2D eigenvalue weighted by Gasteiger charge is -2.18. The van der Waals surface area contributed by atoms with E-state index in [0.717, 1.165) is 37.0 Å². The number of halogens is 1. The summed E-state index contributed by atoms with van der Waals surface area (Å²) in [5.41, 5.74) is 0.646. The van der Waals surface area contributed by atoms with Crippen molar-refractivity contribution < 1.29 is 17.6 Å². The molecule has 0 unspecified atom stereocenters.